The van der Waals surface area contributed by atoms with Crippen LogP contribution >= 0.6 is 0 Å². The van der Waals surface area contributed by atoms with Crippen molar-refractivity contribution in [2.24, 2.45) is 4.99 Å². The molecule has 1 saturated heterocycles. The lowest BCUT2D eigenvalue weighted by molar-refractivity contribution is 0.0220. The van der Waals surface area contributed by atoms with Crippen molar-refractivity contribution in [3.05, 3.63) is 60.1 Å². The molecule has 2 aromatic rings. The van der Waals surface area contributed by atoms with Crippen LogP contribution in [0.3, 0.4) is 0 Å². The molecule has 2 N–H and O–H groups in total. The standard InChI is InChI=1S/C22H32N4O2/c1-19(26-13-16-27-17-14-26)18-25-22(24-12-10-21-8-5-15-28-21)23-11-9-20-6-3-2-4-7-20/h2-8,15,19H,9-14,16-18H2,1H3,(H2,23,24,25). The Morgan fingerprint density at radius 1 is 1.04 bits per heavy atom. The second kappa shape index (κ2) is 11.5. The van der Waals surface area contributed by atoms with Crippen molar-refractivity contribution in [2.75, 3.05) is 45.9 Å². The van der Waals surface area contributed by atoms with E-state index in [-0.39, 0.29) is 0 Å². The Labute approximate surface area is 168 Å². The molecule has 0 bridgehead atoms. The molecular weight excluding hydrogens is 352 g/mol. The number of aliphatic imine (C=N–C) groups is 1. The topological polar surface area (TPSA) is 62.0 Å². The second-order valence-corrected chi connectivity index (χ2v) is 7.11. The summed E-state index contributed by atoms with van der Waals surface area (Å²) in [5.41, 5.74) is 1.33. The monoisotopic (exact) mass is 384 g/mol. The molecule has 1 aromatic carbocycles. The van der Waals surface area contributed by atoms with E-state index in [9.17, 15) is 0 Å². The average molecular weight is 385 g/mol. The van der Waals surface area contributed by atoms with E-state index in [0.717, 1.165) is 70.5 Å². The Kier molecular flexibility index (Phi) is 8.40. The van der Waals surface area contributed by atoms with E-state index in [1.807, 2.05) is 18.2 Å². The highest BCUT2D eigenvalue weighted by molar-refractivity contribution is 5.79. The number of nitrogens with zero attached hydrogens (tertiary/aromatic N) is 2. The van der Waals surface area contributed by atoms with Gasteiger partial charge in [0.15, 0.2) is 5.96 Å². The summed E-state index contributed by atoms with van der Waals surface area (Å²) in [6, 6.07) is 14.8. The number of benzene rings is 1. The minimum absolute atomic E-state index is 0.404. The van der Waals surface area contributed by atoms with E-state index in [1.54, 1.807) is 6.26 Å². The zero-order valence-electron chi connectivity index (χ0n) is 16.8. The van der Waals surface area contributed by atoms with E-state index in [0.29, 0.717) is 6.04 Å². The van der Waals surface area contributed by atoms with Crippen LogP contribution < -0.4 is 10.6 Å². The molecule has 1 atom stereocenters. The summed E-state index contributed by atoms with van der Waals surface area (Å²) < 4.78 is 10.9. The van der Waals surface area contributed by atoms with Gasteiger partial charge in [-0.05, 0) is 31.0 Å². The van der Waals surface area contributed by atoms with Crippen LogP contribution in [0.1, 0.15) is 18.2 Å². The smallest absolute Gasteiger partial charge is 0.191 e. The fourth-order valence-corrected chi connectivity index (χ4v) is 3.26. The molecule has 0 radical (unpaired) electrons. The third-order valence-electron chi connectivity index (χ3n) is 4.98. The maximum Gasteiger partial charge on any atom is 0.191 e. The lowest BCUT2D eigenvalue weighted by atomic mass is 10.1. The van der Waals surface area contributed by atoms with Gasteiger partial charge in [-0.15, -0.1) is 0 Å². The number of guanidine groups is 1. The maximum absolute atomic E-state index is 5.45. The maximum atomic E-state index is 5.45. The van der Waals surface area contributed by atoms with Crippen LogP contribution in [-0.4, -0.2) is 62.8 Å². The lowest BCUT2D eigenvalue weighted by Gasteiger charge is -2.31. The zero-order valence-corrected chi connectivity index (χ0v) is 16.8. The molecule has 28 heavy (non-hydrogen) atoms. The summed E-state index contributed by atoms with van der Waals surface area (Å²) in [6.45, 7) is 8.24. The van der Waals surface area contributed by atoms with Gasteiger partial charge in [0.1, 0.15) is 5.76 Å². The molecule has 6 heteroatoms. The second-order valence-electron chi connectivity index (χ2n) is 7.11. The van der Waals surface area contributed by atoms with Gasteiger partial charge in [0, 0.05) is 38.6 Å². The van der Waals surface area contributed by atoms with Crippen LogP contribution in [-0.2, 0) is 17.6 Å². The number of hydrogen-bond donors (Lipinski definition) is 2. The lowest BCUT2D eigenvalue weighted by Crippen LogP contribution is -2.45. The number of furan rings is 1. The van der Waals surface area contributed by atoms with Crippen LogP contribution in [0.25, 0.3) is 0 Å². The van der Waals surface area contributed by atoms with E-state index < -0.39 is 0 Å². The largest absolute Gasteiger partial charge is 0.469 e. The van der Waals surface area contributed by atoms with Gasteiger partial charge in [-0.25, -0.2) is 0 Å². The van der Waals surface area contributed by atoms with Crippen molar-refractivity contribution < 1.29 is 9.15 Å². The number of hydrogen-bond acceptors (Lipinski definition) is 4. The predicted molar refractivity (Wildman–Crippen MR) is 113 cm³/mol. The van der Waals surface area contributed by atoms with Crippen molar-refractivity contribution >= 4 is 5.96 Å². The Morgan fingerprint density at radius 3 is 2.50 bits per heavy atom. The third kappa shape index (κ3) is 7.02. The number of nitrogens with one attached hydrogen (secondary N) is 2. The predicted octanol–water partition coefficient (Wildman–Crippen LogP) is 2.32. The summed E-state index contributed by atoms with van der Waals surface area (Å²) in [5, 5.41) is 6.91. The Hall–Kier alpha value is -2.31. The molecule has 1 aromatic heterocycles. The van der Waals surface area contributed by atoms with Crippen molar-refractivity contribution in [3.8, 4) is 0 Å². The van der Waals surface area contributed by atoms with Gasteiger partial charge in [-0.2, -0.15) is 0 Å². The van der Waals surface area contributed by atoms with Crippen molar-refractivity contribution in [3.63, 3.8) is 0 Å². The van der Waals surface area contributed by atoms with Crippen molar-refractivity contribution in [1.82, 2.24) is 15.5 Å². The number of morpholine rings is 1. The molecule has 6 nitrogen and oxygen atoms in total. The first-order valence-corrected chi connectivity index (χ1v) is 10.2. The Bertz CT molecular complexity index is 682. The molecule has 1 aliphatic heterocycles. The molecule has 3 rings (SSSR count). The van der Waals surface area contributed by atoms with E-state index in [2.05, 4.69) is 46.7 Å². The van der Waals surface area contributed by atoms with Crippen LogP contribution in [0.2, 0.25) is 0 Å². The highest BCUT2D eigenvalue weighted by Crippen LogP contribution is 2.04. The first-order valence-electron chi connectivity index (χ1n) is 10.2. The minimum atomic E-state index is 0.404. The van der Waals surface area contributed by atoms with Gasteiger partial charge in [-0.3, -0.25) is 9.89 Å². The molecule has 152 valence electrons. The number of rotatable bonds is 9. The van der Waals surface area contributed by atoms with E-state index >= 15 is 0 Å². The highest BCUT2D eigenvalue weighted by Gasteiger charge is 2.16. The van der Waals surface area contributed by atoms with Gasteiger partial charge < -0.3 is 19.8 Å². The molecule has 2 heterocycles. The van der Waals surface area contributed by atoms with Crippen molar-refractivity contribution in [2.45, 2.75) is 25.8 Å². The SMILES string of the molecule is CC(CN=C(NCCc1ccccc1)NCCc1ccco1)N1CCOCC1. The quantitative estimate of drug-likeness (QED) is 0.513. The van der Waals surface area contributed by atoms with Gasteiger partial charge in [0.05, 0.1) is 26.0 Å². The van der Waals surface area contributed by atoms with Crippen LogP contribution in [0.15, 0.2) is 58.1 Å². The van der Waals surface area contributed by atoms with Crippen LogP contribution in [0.5, 0.6) is 0 Å². The van der Waals surface area contributed by atoms with Crippen LogP contribution in [0.4, 0.5) is 0 Å². The zero-order chi connectivity index (χ0) is 19.4. The minimum Gasteiger partial charge on any atom is -0.469 e. The normalized spacial score (nSPS) is 16.7. The Morgan fingerprint density at radius 2 is 1.79 bits per heavy atom. The highest BCUT2D eigenvalue weighted by atomic mass is 16.5. The van der Waals surface area contributed by atoms with E-state index in [4.69, 9.17) is 14.1 Å². The first-order chi connectivity index (χ1) is 13.8. The molecule has 1 aliphatic rings. The molecule has 1 fully saturated rings. The Balaban J connectivity index is 1.49. The summed E-state index contributed by atoms with van der Waals surface area (Å²) >= 11 is 0. The summed E-state index contributed by atoms with van der Waals surface area (Å²) in [4.78, 5) is 7.27. The number of ether oxygens (including phenoxy) is 1. The van der Waals surface area contributed by atoms with Crippen molar-refractivity contribution in [1.29, 1.82) is 0 Å². The van der Waals surface area contributed by atoms with Gasteiger partial charge in [0.2, 0.25) is 0 Å². The molecule has 0 aliphatic carbocycles. The average Bonchev–Trinajstić information content (AvgIpc) is 3.26. The molecule has 1 unspecified atom stereocenters. The van der Waals surface area contributed by atoms with E-state index in [1.165, 1.54) is 5.56 Å². The fraction of sp³-hybridized carbons (Fsp3) is 0.500. The fourth-order valence-electron chi connectivity index (χ4n) is 3.26. The summed E-state index contributed by atoms with van der Waals surface area (Å²) in [6.07, 6.45) is 3.52. The summed E-state index contributed by atoms with van der Waals surface area (Å²) in [5.74, 6) is 1.85. The molecular formula is C22H32N4O2. The van der Waals surface area contributed by atoms with Crippen LogP contribution in [0, 0.1) is 0 Å². The summed E-state index contributed by atoms with van der Waals surface area (Å²) in [7, 11) is 0. The first kappa shape index (κ1) is 20.4. The molecule has 0 spiro atoms. The van der Waals surface area contributed by atoms with Gasteiger partial charge in [0.25, 0.3) is 0 Å². The molecule has 0 amide bonds. The van der Waals surface area contributed by atoms with Gasteiger partial charge >= 0.3 is 0 Å². The molecule has 0 saturated carbocycles. The third-order valence-corrected chi connectivity index (χ3v) is 4.98. The van der Waals surface area contributed by atoms with Gasteiger partial charge in [-0.1, -0.05) is 30.3 Å².